The van der Waals surface area contributed by atoms with Gasteiger partial charge < -0.3 is 10.5 Å². The van der Waals surface area contributed by atoms with Crippen LogP contribution in [-0.4, -0.2) is 35.6 Å². The molecule has 0 fully saturated rings. The van der Waals surface area contributed by atoms with Crippen molar-refractivity contribution in [1.82, 2.24) is 9.55 Å². The highest BCUT2D eigenvalue weighted by Crippen LogP contribution is 2.27. The fourth-order valence-electron chi connectivity index (χ4n) is 3.43. The van der Waals surface area contributed by atoms with E-state index in [9.17, 15) is 18.0 Å². The summed E-state index contributed by atoms with van der Waals surface area (Å²) in [5.41, 5.74) is 8.41. The van der Waals surface area contributed by atoms with Gasteiger partial charge in [0.05, 0.1) is 5.69 Å². The van der Waals surface area contributed by atoms with Gasteiger partial charge in [-0.15, -0.1) is 0 Å². The van der Waals surface area contributed by atoms with Crippen LogP contribution in [0.25, 0.3) is 27.8 Å². The van der Waals surface area contributed by atoms with Gasteiger partial charge in [-0.3, -0.25) is 14.4 Å². The maximum Gasteiger partial charge on any atom is 0.422 e. The SMILES string of the molecule is CN=Cc1cc(-c2cc3ccc(OCC(F)(F)F)nc3n(-c3ccc(Br)cc3)c2=O)ccc1N. The van der Waals surface area contributed by atoms with Gasteiger partial charge in [-0.2, -0.15) is 18.2 Å². The van der Waals surface area contributed by atoms with E-state index in [0.717, 1.165) is 4.47 Å². The van der Waals surface area contributed by atoms with Crippen molar-refractivity contribution >= 4 is 38.9 Å². The average Bonchev–Trinajstić information content (AvgIpc) is 2.79. The number of anilines is 1. The molecule has 10 heteroatoms. The summed E-state index contributed by atoms with van der Waals surface area (Å²) < 4.78 is 44.8. The predicted octanol–water partition coefficient (Wildman–Crippen LogP) is 5.39. The summed E-state index contributed by atoms with van der Waals surface area (Å²) >= 11 is 3.36. The number of nitrogen functional groups attached to an aromatic ring is 1. The molecule has 174 valence electrons. The predicted molar refractivity (Wildman–Crippen MR) is 130 cm³/mol. The number of nitrogens with zero attached hydrogens (tertiary/aromatic N) is 3. The number of benzene rings is 2. The minimum absolute atomic E-state index is 0.168. The van der Waals surface area contributed by atoms with E-state index >= 15 is 0 Å². The number of fused-ring (bicyclic) bond motifs is 1. The van der Waals surface area contributed by atoms with E-state index in [-0.39, 0.29) is 11.5 Å². The lowest BCUT2D eigenvalue weighted by Gasteiger charge is -2.15. The second-order valence-corrected chi connectivity index (χ2v) is 8.29. The van der Waals surface area contributed by atoms with Gasteiger partial charge in [0.1, 0.15) is 0 Å². The van der Waals surface area contributed by atoms with Gasteiger partial charge >= 0.3 is 6.18 Å². The molecule has 0 aliphatic rings. The van der Waals surface area contributed by atoms with Crippen molar-refractivity contribution in [2.75, 3.05) is 19.4 Å². The number of nitrogens with two attached hydrogens (primary N) is 1. The summed E-state index contributed by atoms with van der Waals surface area (Å²) in [4.78, 5) is 21.9. The van der Waals surface area contributed by atoms with Crippen molar-refractivity contribution in [3.63, 3.8) is 0 Å². The average molecular weight is 531 g/mol. The lowest BCUT2D eigenvalue weighted by Crippen LogP contribution is -2.22. The molecule has 2 aromatic heterocycles. The lowest BCUT2D eigenvalue weighted by atomic mass is 10.0. The zero-order chi connectivity index (χ0) is 24.5. The zero-order valence-electron chi connectivity index (χ0n) is 17.8. The number of pyridine rings is 2. The van der Waals surface area contributed by atoms with Crippen LogP contribution >= 0.6 is 15.9 Å². The Hall–Kier alpha value is -3.66. The van der Waals surface area contributed by atoms with Gasteiger partial charge in [0.25, 0.3) is 5.56 Å². The van der Waals surface area contributed by atoms with Crippen LogP contribution in [0.15, 0.2) is 74.9 Å². The number of aliphatic imine (C=N–C) groups is 1. The topological polar surface area (TPSA) is 82.5 Å². The minimum atomic E-state index is -4.51. The number of halogens is 4. The minimum Gasteiger partial charge on any atom is -0.468 e. The third kappa shape index (κ3) is 4.96. The van der Waals surface area contributed by atoms with E-state index in [1.54, 1.807) is 67.9 Å². The van der Waals surface area contributed by atoms with Crippen LogP contribution in [-0.2, 0) is 0 Å². The molecule has 0 atom stereocenters. The molecule has 0 saturated carbocycles. The van der Waals surface area contributed by atoms with Gasteiger partial charge in [0.15, 0.2) is 12.3 Å². The Bertz CT molecular complexity index is 1450. The summed E-state index contributed by atoms with van der Waals surface area (Å²) in [5.74, 6) is -0.239. The largest absolute Gasteiger partial charge is 0.468 e. The van der Waals surface area contributed by atoms with Crippen LogP contribution in [0.1, 0.15) is 5.56 Å². The van der Waals surface area contributed by atoms with Crippen LogP contribution in [0.5, 0.6) is 5.88 Å². The first-order chi connectivity index (χ1) is 16.2. The molecule has 0 amide bonds. The molecule has 0 bridgehead atoms. The molecule has 2 heterocycles. The Labute approximate surface area is 200 Å². The highest BCUT2D eigenvalue weighted by atomic mass is 79.9. The highest BCUT2D eigenvalue weighted by molar-refractivity contribution is 9.10. The van der Waals surface area contributed by atoms with Crippen LogP contribution in [0, 0.1) is 0 Å². The molecule has 0 unspecified atom stereocenters. The summed E-state index contributed by atoms with van der Waals surface area (Å²) in [6.45, 7) is -1.49. The Morgan fingerprint density at radius 1 is 1.12 bits per heavy atom. The van der Waals surface area contributed by atoms with Crippen molar-refractivity contribution in [2.24, 2.45) is 4.99 Å². The van der Waals surface area contributed by atoms with E-state index < -0.39 is 18.3 Å². The number of ether oxygens (including phenoxy) is 1. The molecule has 4 rings (SSSR count). The first-order valence-electron chi connectivity index (χ1n) is 10.0. The molecule has 2 aromatic carbocycles. The van der Waals surface area contributed by atoms with Crippen molar-refractivity contribution in [3.8, 4) is 22.7 Å². The smallest absolute Gasteiger partial charge is 0.422 e. The molecule has 0 spiro atoms. The van der Waals surface area contributed by atoms with E-state index in [1.807, 2.05) is 0 Å². The molecule has 0 radical (unpaired) electrons. The number of alkyl halides is 3. The quantitative estimate of drug-likeness (QED) is 0.277. The first-order valence-corrected chi connectivity index (χ1v) is 10.8. The fraction of sp³-hybridized carbons (Fsp3) is 0.125. The second-order valence-electron chi connectivity index (χ2n) is 7.37. The lowest BCUT2D eigenvalue weighted by molar-refractivity contribution is -0.154. The fourth-order valence-corrected chi connectivity index (χ4v) is 3.70. The monoisotopic (exact) mass is 530 g/mol. The summed E-state index contributed by atoms with van der Waals surface area (Å²) in [7, 11) is 1.62. The molecule has 34 heavy (non-hydrogen) atoms. The Balaban J connectivity index is 1.96. The van der Waals surface area contributed by atoms with Crippen LogP contribution in [0.4, 0.5) is 18.9 Å². The van der Waals surface area contributed by atoms with Crippen molar-refractivity contribution in [3.05, 3.63) is 81.1 Å². The number of aromatic nitrogens is 2. The van der Waals surface area contributed by atoms with Crippen molar-refractivity contribution in [2.45, 2.75) is 6.18 Å². The second kappa shape index (κ2) is 9.30. The molecule has 4 aromatic rings. The van der Waals surface area contributed by atoms with Crippen molar-refractivity contribution in [1.29, 1.82) is 0 Å². The van der Waals surface area contributed by atoms with Gasteiger partial charge in [0, 0.05) is 46.0 Å². The van der Waals surface area contributed by atoms with Gasteiger partial charge in [0.2, 0.25) is 5.88 Å². The zero-order valence-corrected chi connectivity index (χ0v) is 19.4. The van der Waals surface area contributed by atoms with Gasteiger partial charge in [-0.05, 0) is 54.1 Å². The van der Waals surface area contributed by atoms with E-state index in [1.165, 1.54) is 10.6 Å². The van der Waals surface area contributed by atoms with Gasteiger partial charge in [-0.25, -0.2) is 0 Å². The molecule has 0 aliphatic carbocycles. The number of rotatable bonds is 5. The molecular formula is C24H18BrF3N4O2. The van der Waals surface area contributed by atoms with E-state index in [2.05, 4.69) is 25.9 Å². The third-order valence-electron chi connectivity index (χ3n) is 4.96. The maximum atomic E-state index is 13.7. The van der Waals surface area contributed by atoms with Crippen LogP contribution in [0.2, 0.25) is 0 Å². The molecular weight excluding hydrogens is 513 g/mol. The molecule has 0 saturated heterocycles. The van der Waals surface area contributed by atoms with Gasteiger partial charge in [-0.1, -0.05) is 22.0 Å². The molecule has 6 nitrogen and oxygen atoms in total. The molecule has 0 aliphatic heterocycles. The van der Waals surface area contributed by atoms with E-state index in [4.69, 9.17) is 10.5 Å². The maximum absolute atomic E-state index is 13.7. The Kier molecular flexibility index (Phi) is 6.43. The Morgan fingerprint density at radius 3 is 2.53 bits per heavy atom. The van der Waals surface area contributed by atoms with Crippen LogP contribution in [0.3, 0.4) is 0 Å². The first kappa shape index (κ1) is 23.5. The standard InChI is InChI=1S/C24H18BrF3N4O2/c1-30-12-16-10-14(2-8-20(16)29)19-11-15-3-9-21(34-13-24(26,27)28)31-22(15)32(23(19)33)18-6-4-17(25)5-7-18/h2-12H,13,29H2,1H3. The molecule has 2 N–H and O–H groups in total. The van der Waals surface area contributed by atoms with E-state index in [0.29, 0.717) is 33.5 Å². The number of hydrogen-bond acceptors (Lipinski definition) is 5. The summed E-state index contributed by atoms with van der Waals surface area (Å²) in [5, 5.41) is 0.541. The third-order valence-corrected chi connectivity index (χ3v) is 5.49. The Morgan fingerprint density at radius 2 is 1.85 bits per heavy atom. The summed E-state index contributed by atoms with van der Waals surface area (Å²) in [6.07, 6.45) is -2.92. The van der Waals surface area contributed by atoms with Crippen LogP contribution < -0.4 is 16.0 Å². The number of hydrogen-bond donors (Lipinski definition) is 1. The summed E-state index contributed by atoms with van der Waals surface area (Å²) in [6, 6.07) is 16.6. The normalized spacial score (nSPS) is 11.9. The van der Waals surface area contributed by atoms with Crippen molar-refractivity contribution < 1.29 is 17.9 Å². The highest BCUT2D eigenvalue weighted by Gasteiger charge is 2.28.